The van der Waals surface area contributed by atoms with E-state index in [9.17, 15) is 9.90 Å². The number of halogens is 1. The maximum Gasteiger partial charge on any atom is 0.191 e. The molecule has 0 heterocycles. The zero-order valence-electron chi connectivity index (χ0n) is 9.74. The molecule has 1 unspecified atom stereocenters. The van der Waals surface area contributed by atoms with Crippen molar-refractivity contribution in [2.75, 3.05) is 5.88 Å². The van der Waals surface area contributed by atoms with Crippen LogP contribution in [0.3, 0.4) is 0 Å². The summed E-state index contributed by atoms with van der Waals surface area (Å²) in [6, 6.07) is 9.66. The summed E-state index contributed by atoms with van der Waals surface area (Å²) in [4.78, 5) is 11.6. The lowest BCUT2D eigenvalue weighted by molar-refractivity contribution is -0.129. The van der Waals surface area contributed by atoms with E-state index in [1.807, 2.05) is 30.3 Å². The van der Waals surface area contributed by atoms with Gasteiger partial charge < -0.3 is 5.11 Å². The van der Waals surface area contributed by atoms with Crippen molar-refractivity contribution >= 4 is 17.4 Å². The second kappa shape index (κ2) is 6.44. The van der Waals surface area contributed by atoms with E-state index in [4.69, 9.17) is 11.6 Å². The normalized spacial score (nSPS) is 13.4. The molecule has 0 aliphatic heterocycles. The number of carbonyl (C=O) groups is 1. The predicted octanol–water partition coefficient (Wildman–Crippen LogP) is 2.18. The van der Waals surface area contributed by atoms with E-state index < -0.39 is 11.4 Å². The smallest absolute Gasteiger partial charge is 0.191 e. The average Bonchev–Trinajstić information content (AvgIpc) is 2.37. The fraction of sp³-hybridized carbons (Fsp3) is 0.357. The Bertz CT molecular complexity index is 431. The number of hydrogen-bond donors (Lipinski definition) is 1. The van der Waals surface area contributed by atoms with Crippen LogP contribution in [0.2, 0.25) is 0 Å². The molecule has 0 amide bonds. The second-order valence-electron chi connectivity index (χ2n) is 3.78. The van der Waals surface area contributed by atoms with E-state index in [1.54, 1.807) is 6.92 Å². The number of carbonyl (C=O) groups excluding carboxylic acids is 1. The lowest BCUT2D eigenvalue weighted by Crippen LogP contribution is -2.38. The Morgan fingerprint density at radius 1 is 1.41 bits per heavy atom. The Kier molecular flexibility index (Phi) is 5.21. The van der Waals surface area contributed by atoms with Crippen molar-refractivity contribution in [3.8, 4) is 11.8 Å². The fourth-order valence-corrected chi connectivity index (χ4v) is 1.78. The number of aryl methyl sites for hydroxylation is 1. The summed E-state index contributed by atoms with van der Waals surface area (Å²) in [7, 11) is 0. The van der Waals surface area contributed by atoms with E-state index in [-0.39, 0.29) is 12.3 Å². The molecule has 0 saturated heterocycles. The van der Waals surface area contributed by atoms with E-state index in [0.717, 1.165) is 5.56 Å². The van der Waals surface area contributed by atoms with Gasteiger partial charge in [-0.1, -0.05) is 36.3 Å². The van der Waals surface area contributed by atoms with Gasteiger partial charge >= 0.3 is 0 Å². The summed E-state index contributed by atoms with van der Waals surface area (Å²) in [5.41, 5.74) is -0.557. The van der Waals surface area contributed by atoms with Gasteiger partial charge in [-0.2, -0.15) is 0 Å². The Morgan fingerprint density at radius 3 is 2.59 bits per heavy atom. The van der Waals surface area contributed by atoms with Gasteiger partial charge in [-0.3, -0.25) is 4.79 Å². The summed E-state index contributed by atoms with van der Waals surface area (Å²) in [5, 5.41) is 10.1. The van der Waals surface area contributed by atoms with Crippen LogP contribution < -0.4 is 0 Å². The number of ketones is 1. The highest BCUT2D eigenvalue weighted by Gasteiger charge is 2.32. The first-order valence-corrected chi connectivity index (χ1v) is 5.95. The maximum absolute atomic E-state index is 11.6. The molecule has 1 rings (SSSR count). The van der Waals surface area contributed by atoms with Crippen LogP contribution in [-0.2, 0) is 11.2 Å². The van der Waals surface area contributed by atoms with Crippen LogP contribution in [0.1, 0.15) is 18.9 Å². The van der Waals surface area contributed by atoms with Crippen LogP contribution in [0.25, 0.3) is 0 Å². The molecule has 0 radical (unpaired) electrons. The summed E-state index contributed by atoms with van der Waals surface area (Å²) in [6.45, 7) is 1.59. The molecule has 0 bridgehead atoms. The van der Waals surface area contributed by atoms with E-state index in [1.165, 1.54) is 0 Å². The number of Topliss-reactive ketones (excluding diaryl/α,β-unsaturated/α-hetero) is 1. The van der Waals surface area contributed by atoms with E-state index in [2.05, 4.69) is 11.8 Å². The maximum atomic E-state index is 11.6. The molecule has 0 fully saturated rings. The highest BCUT2D eigenvalue weighted by atomic mass is 35.5. The standard InChI is InChI=1S/C14H15ClO2/c1-2-9-14(17,13(16)11-15)10-8-12-6-4-3-5-7-12/h3-7,17H,8,10-11H2,1H3. The van der Waals surface area contributed by atoms with Gasteiger partial charge in [0.25, 0.3) is 0 Å². The van der Waals surface area contributed by atoms with Crippen LogP contribution in [-0.4, -0.2) is 22.4 Å². The third-order valence-corrected chi connectivity index (χ3v) is 2.78. The first-order valence-electron chi connectivity index (χ1n) is 5.42. The zero-order chi connectivity index (χ0) is 12.7. The summed E-state index contributed by atoms with van der Waals surface area (Å²) in [6.07, 6.45) is 0.859. The van der Waals surface area contributed by atoms with E-state index >= 15 is 0 Å². The quantitative estimate of drug-likeness (QED) is 0.643. The van der Waals surface area contributed by atoms with Gasteiger partial charge in [-0.25, -0.2) is 0 Å². The predicted molar refractivity (Wildman–Crippen MR) is 68.9 cm³/mol. The summed E-state index contributed by atoms with van der Waals surface area (Å²) >= 11 is 5.48. The van der Waals surface area contributed by atoms with Crippen LogP contribution in [0.4, 0.5) is 0 Å². The van der Waals surface area contributed by atoms with Gasteiger partial charge in [0.1, 0.15) is 0 Å². The number of hydrogen-bond acceptors (Lipinski definition) is 2. The molecule has 0 aromatic heterocycles. The molecular weight excluding hydrogens is 236 g/mol. The Labute approximate surface area is 107 Å². The highest BCUT2D eigenvalue weighted by Crippen LogP contribution is 2.16. The van der Waals surface area contributed by atoms with Crippen LogP contribution in [0, 0.1) is 11.8 Å². The van der Waals surface area contributed by atoms with Crippen molar-refractivity contribution in [1.82, 2.24) is 0 Å². The SMILES string of the molecule is CC#CC(O)(CCc1ccccc1)C(=O)CCl. The molecule has 0 aliphatic rings. The third kappa shape index (κ3) is 3.89. The minimum atomic E-state index is -1.62. The van der Waals surface area contributed by atoms with Gasteiger partial charge in [0.15, 0.2) is 11.4 Å². The molecule has 1 aromatic carbocycles. The molecule has 0 spiro atoms. The fourth-order valence-electron chi connectivity index (χ4n) is 1.56. The second-order valence-corrected chi connectivity index (χ2v) is 4.04. The average molecular weight is 251 g/mol. The largest absolute Gasteiger partial charge is 0.371 e. The Morgan fingerprint density at radius 2 is 2.06 bits per heavy atom. The molecule has 90 valence electrons. The van der Waals surface area contributed by atoms with Gasteiger partial charge in [0, 0.05) is 0 Å². The molecule has 2 nitrogen and oxygen atoms in total. The topological polar surface area (TPSA) is 37.3 Å². The Balaban J connectivity index is 2.74. The highest BCUT2D eigenvalue weighted by molar-refractivity contribution is 6.29. The van der Waals surface area contributed by atoms with Crippen molar-refractivity contribution in [2.24, 2.45) is 0 Å². The van der Waals surface area contributed by atoms with Gasteiger partial charge in [-0.05, 0) is 25.3 Å². The molecule has 17 heavy (non-hydrogen) atoms. The minimum Gasteiger partial charge on any atom is -0.371 e. The molecule has 3 heteroatoms. The van der Waals surface area contributed by atoms with Crippen LogP contribution in [0.5, 0.6) is 0 Å². The van der Waals surface area contributed by atoms with Crippen molar-refractivity contribution in [2.45, 2.75) is 25.4 Å². The molecular formula is C14H15ClO2. The minimum absolute atomic E-state index is 0.222. The summed E-state index contributed by atoms with van der Waals surface area (Å²) in [5.74, 6) is 4.47. The first kappa shape index (κ1) is 13.8. The molecule has 1 N–H and O–H groups in total. The van der Waals surface area contributed by atoms with Gasteiger partial charge in [0.05, 0.1) is 5.88 Å². The molecule has 0 saturated carbocycles. The van der Waals surface area contributed by atoms with Crippen molar-refractivity contribution < 1.29 is 9.90 Å². The lowest BCUT2D eigenvalue weighted by atomic mass is 9.92. The first-order chi connectivity index (χ1) is 8.12. The van der Waals surface area contributed by atoms with Crippen LogP contribution in [0.15, 0.2) is 30.3 Å². The van der Waals surface area contributed by atoms with Gasteiger partial charge in [0.2, 0.25) is 0 Å². The number of aliphatic hydroxyl groups is 1. The van der Waals surface area contributed by atoms with Crippen molar-refractivity contribution in [1.29, 1.82) is 0 Å². The zero-order valence-corrected chi connectivity index (χ0v) is 10.5. The molecule has 1 aromatic rings. The number of rotatable bonds is 5. The molecule has 0 aliphatic carbocycles. The third-order valence-electron chi connectivity index (χ3n) is 2.53. The molecule has 1 atom stereocenters. The monoisotopic (exact) mass is 250 g/mol. The van der Waals surface area contributed by atoms with E-state index in [0.29, 0.717) is 6.42 Å². The number of benzene rings is 1. The lowest BCUT2D eigenvalue weighted by Gasteiger charge is -2.19. The number of alkyl halides is 1. The van der Waals surface area contributed by atoms with Gasteiger partial charge in [-0.15, -0.1) is 17.5 Å². The van der Waals surface area contributed by atoms with Crippen molar-refractivity contribution in [3.05, 3.63) is 35.9 Å². The summed E-state index contributed by atoms with van der Waals surface area (Å²) < 4.78 is 0. The van der Waals surface area contributed by atoms with Crippen molar-refractivity contribution in [3.63, 3.8) is 0 Å². The Hall–Kier alpha value is -1.30. The van der Waals surface area contributed by atoms with Crippen LogP contribution >= 0.6 is 11.6 Å².